The summed E-state index contributed by atoms with van der Waals surface area (Å²) in [5.41, 5.74) is 3.46. The Bertz CT molecular complexity index is 1040. The van der Waals surface area contributed by atoms with Gasteiger partial charge in [-0.25, -0.2) is 0 Å². The van der Waals surface area contributed by atoms with E-state index >= 15 is 0 Å². The van der Waals surface area contributed by atoms with Crippen LogP contribution in [0.3, 0.4) is 0 Å². The lowest BCUT2D eigenvalue weighted by molar-refractivity contribution is 0.0923. The number of hydrogen-bond acceptors (Lipinski definition) is 5. The summed E-state index contributed by atoms with van der Waals surface area (Å²) in [6.45, 7) is 3.20. The molecule has 0 aromatic heterocycles. The molecule has 0 saturated heterocycles. The predicted molar refractivity (Wildman–Crippen MR) is 149 cm³/mol. The van der Waals surface area contributed by atoms with Crippen LogP contribution < -0.4 is 0 Å². The first-order chi connectivity index (χ1) is 18.2. The third-order valence-electron chi connectivity index (χ3n) is 6.55. The smallest absolute Gasteiger partial charge is 0.176 e. The van der Waals surface area contributed by atoms with Gasteiger partial charge in [0.05, 0.1) is 13.2 Å². The first-order valence-electron chi connectivity index (χ1n) is 13.5. The molecule has 0 spiro atoms. The monoisotopic (exact) mass is 503 g/mol. The Morgan fingerprint density at radius 2 is 1.41 bits per heavy atom. The van der Waals surface area contributed by atoms with Crippen LogP contribution in [0, 0.1) is 0 Å². The minimum Gasteiger partial charge on any atom is -0.508 e. The van der Waals surface area contributed by atoms with Gasteiger partial charge >= 0.3 is 0 Å². The average Bonchev–Trinajstić information content (AvgIpc) is 2.93. The minimum absolute atomic E-state index is 0.00806. The molecule has 0 radical (unpaired) electrons. The largest absolute Gasteiger partial charge is 0.508 e. The summed E-state index contributed by atoms with van der Waals surface area (Å²) in [6.07, 6.45) is 7.67. The van der Waals surface area contributed by atoms with Crippen molar-refractivity contribution in [2.45, 2.75) is 58.1 Å². The summed E-state index contributed by atoms with van der Waals surface area (Å²) in [5.74, 6) is 0.00245. The number of aryl methyl sites for hydroxylation is 1. The number of aromatic hydroxyl groups is 1. The zero-order valence-electron chi connectivity index (χ0n) is 21.9. The normalized spacial score (nSPS) is 11.2. The summed E-state index contributed by atoms with van der Waals surface area (Å²) >= 11 is 0. The summed E-state index contributed by atoms with van der Waals surface area (Å²) in [7, 11) is 0. The minimum atomic E-state index is -0.294. The van der Waals surface area contributed by atoms with Crippen LogP contribution >= 0.6 is 0 Å². The molecule has 3 rings (SSSR count). The van der Waals surface area contributed by atoms with Crippen LogP contribution in [-0.4, -0.2) is 47.2 Å². The van der Waals surface area contributed by atoms with Crippen molar-refractivity contribution in [2.24, 2.45) is 0 Å². The topological polar surface area (TPSA) is 70.0 Å². The molecule has 3 aromatic rings. The van der Waals surface area contributed by atoms with Gasteiger partial charge in [-0.05, 0) is 68.0 Å². The fourth-order valence-electron chi connectivity index (χ4n) is 4.41. The lowest BCUT2D eigenvalue weighted by Gasteiger charge is -2.22. The van der Waals surface area contributed by atoms with Crippen LogP contribution in [0.5, 0.6) is 5.75 Å². The molecule has 37 heavy (non-hydrogen) atoms. The highest BCUT2D eigenvalue weighted by Gasteiger charge is 2.15. The summed E-state index contributed by atoms with van der Waals surface area (Å²) in [5, 5.41) is 19.2. The van der Waals surface area contributed by atoms with Crippen molar-refractivity contribution in [3.05, 3.63) is 101 Å². The van der Waals surface area contributed by atoms with Gasteiger partial charge in [-0.1, -0.05) is 73.5 Å². The van der Waals surface area contributed by atoms with E-state index in [2.05, 4.69) is 47.4 Å². The van der Waals surface area contributed by atoms with Crippen molar-refractivity contribution in [1.29, 1.82) is 0 Å². The Labute approximate surface area is 221 Å². The number of rotatable bonds is 18. The van der Waals surface area contributed by atoms with Crippen LogP contribution in [0.25, 0.3) is 0 Å². The fourth-order valence-corrected chi connectivity index (χ4v) is 4.41. The first-order valence-corrected chi connectivity index (χ1v) is 13.5. The molecule has 0 aliphatic carbocycles. The number of hydrogen-bond donors (Lipinski definition) is 2. The Kier molecular flexibility index (Phi) is 12.9. The van der Waals surface area contributed by atoms with Gasteiger partial charge in [-0.15, -0.1) is 0 Å². The van der Waals surface area contributed by atoms with Crippen LogP contribution in [-0.2, 0) is 24.3 Å². The number of benzene rings is 3. The van der Waals surface area contributed by atoms with Gasteiger partial charge in [-0.2, -0.15) is 0 Å². The Morgan fingerprint density at radius 1 is 0.757 bits per heavy atom. The summed E-state index contributed by atoms with van der Waals surface area (Å²) in [4.78, 5) is 15.2. The number of aliphatic hydroxyl groups excluding tert-OH is 1. The van der Waals surface area contributed by atoms with Crippen molar-refractivity contribution in [1.82, 2.24) is 4.90 Å². The average molecular weight is 504 g/mol. The van der Waals surface area contributed by atoms with Crippen LogP contribution in [0.2, 0.25) is 0 Å². The van der Waals surface area contributed by atoms with Crippen LogP contribution in [0.4, 0.5) is 0 Å². The quantitative estimate of drug-likeness (QED) is 0.160. The molecule has 198 valence electrons. The van der Waals surface area contributed by atoms with Gasteiger partial charge in [0.25, 0.3) is 0 Å². The second kappa shape index (κ2) is 16.7. The Morgan fingerprint density at radius 3 is 2.11 bits per heavy atom. The van der Waals surface area contributed by atoms with Gasteiger partial charge in [0.15, 0.2) is 5.78 Å². The van der Waals surface area contributed by atoms with Gasteiger partial charge in [-0.3, -0.25) is 9.69 Å². The highest BCUT2D eigenvalue weighted by molar-refractivity contribution is 5.98. The number of unbranched alkanes of at least 4 members (excludes halogenated alkanes) is 4. The molecule has 0 unspecified atom stereocenters. The third kappa shape index (κ3) is 10.9. The highest BCUT2D eigenvalue weighted by Crippen LogP contribution is 2.19. The van der Waals surface area contributed by atoms with E-state index in [-0.39, 0.29) is 18.1 Å². The van der Waals surface area contributed by atoms with E-state index in [1.165, 1.54) is 17.2 Å². The molecule has 5 nitrogen and oxygen atoms in total. The highest BCUT2D eigenvalue weighted by atomic mass is 16.5. The molecule has 0 bridgehead atoms. The second-order valence-electron chi connectivity index (χ2n) is 9.59. The molecule has 0 saturated carbocycles. The number of ketones is 1. The lowest BCUT2D eigenvalue weighted by Crippen LogP contribution is -2.30. The number of carbonyl (C=O) groups is 1. The maximum atomic E-state index is 13.0. The van der Waals surface area contributed by atoms with Crippen molar-refractivity contribution in [3.63, 3.8) is 0 Å². The molecular formula is C32H41NO4. The van der Waals surface area contributed by atoms with E-state index in [0.717, 1.165) is 64.7 Å². The van der Waals surface area contributed by atoms with E-state index in [0.29, 0.717) is 24.2 Å². The standard InChI is InChI=1S/C32H41NO4/c34-26-30-23-29(18-19-31(30)35)32(36)25-33(24-28-16-7-4-8-17-28)20-10-1-2-11-21-37-22-12-9-15-27-13-5-3-6-14-27/h3-8,13-14,16-19,23,34-35H,1-2,9-12,15,20-22,24-26H2. The molecule has 0 fully saturated rings. The van der Waals surface area contributed by atoms with E-state index in [1.807, 2.05) is 18.2 Å². The van der Waals surface area contributed by atoms with Crippen molar-refractivity contribution < 1.29 is 19.7 Å². The van der Waals surface area contributed by atoms with Gasteiger partial charge < -0.3 is 14.9 Å². The van der Waals surface area contributed by atoms with E-state index < -0.39 is 0 Å². The SMILES string of the molecule is O=C(CN(CCCCCCOCCCCc1ccccc1)Cc1ccccc1)c1ccc(O)c(CO)c1. The van der Waals surface area contributed by atoms with Crippen molar-refractivity contribution in [2.75, 3.05) is 26.3 Å². The van der Waals surface area contributed by atoms with Gasteiger partial charge in [0, 0.05) is 30.9 Å². The van der Waals surface area contributed by atoms with E-state index in [9.17, 15) is 15.0 Å². The molecular weight excluding hydrogens is 462 g/mol. The molecule has 5 heteroatoms. The third-order valence-corrected chi connectivity index (χ3v) is 6.55. The number of ether oxygens (including phenoxy) is 1. The Balaban J connectivity index is 1.34. The summed E-state index contributed by atoms with van der Waals surface area (Å²) < 4.78 is 5.82. The number of phenols is 1. The predicted octanol–water partition coefficient (Wildman–Crippen LogP) is 6.17. The van der Waals surface area contributed by atoms with E-state index in [4.69, 9.17) is 4.74 Å². The first kappa shape index (κ1) is 28.6. The number of carbonyl (C=O) groups excluding carboxylic acids is 1. The van der Waals surface area contributed by atoms with Crippen molar-refractivity contribution in [3.8, 4) is 5.75 Å². The van der Waals surface area contributed by atoms with E-state index in [1.54, 1.807) is 12.1 Å². The molecule has 0 heterocycles. The lowest BCUT2D eigenvalue weighted by atomic mass is 10.1. The number of Topliss-reactive ketones (excluding diaryl/α,β-unsaturated/α-hetero) is 1. The molecule has 0 amide bonds. The zero-order chi connectivity index (χ0) is 26.1. The molecule has 3 aromatic carbocycles. The van der Waals surface area contributed by atoms with Gasteiger partial charge in [0.2, 0.25) is 0 Å². The maximum absolute atomic E-state index is 13.0. The Hall–Kier alpha value is -2.99. The molecule has 0 aliphatic heterocycles. The molecule has 2 N–H and O–H groups in total. The number of nitrogens with zero attached hydrogens (tertiary/aromatic N) is 1. The summed E-state index contributed by atoms with van der Waals surface area (Å²) in [6, 6.07) is 25.5. The molecule has 0 atom stereocenters. The maximum Gasteiger partial charge on any atom is 0.176 e. The second-order valence-corrected chi connectivity index (χ2v) is 9.59. The van der Waals surface area contributed by atoms with Crippen molar-refractivity contribution >= 4 is 5.78 Å². The van der Waals surface area contributed by atoms with Gasteiger partial charge in [0.1, 0.15) is 5.75 Å². The molecule has 0 aliphatic rings. The zero-order valence-corrected chi connectivity index (χ0v) is 21.9. The van der Waals surface area contributed by atoms with Crippen LogP contribution in [0.15, 0.2) is 78.9 Å². The number of aliphatic hydroxyl groups is 1. The fraction of sp³-hybridized carbons (Fsp3) is 0.406. The van der Waals surface area contributed by atoms with Crippen LogP contribution in [0.1, 0.15) is 65.6 Å².